The van der Waals surface area contributed by atoms with Crippen LogP contribution in [0, 0.1) is 17.8 Å². The molecule has 1 N–H and O–H groups in total. The van der Waals surface area contributed by atoms with Crippen molar-refractivity contribution in [1.29, 1.82) is 0 Å². The van der Waals surface area contributed by atoms with Crippen LogP contribution >= 0.6 is 0 Å². The average Bonchev–Trinajstić information content (AvgIpc) is 2.19. The lowest BCUT2D eigenvalue weighted by Gasteiger charge is -2.39. The molecule has 1 nitrogen and oxygen atoms in total. The van der Waals surface area contributed by atoms with E-state index in [0.29, 0.717) is 5.41 Å². The van der Waals surface area contributed by atoms with Crippen LogP contribution in [0.4, 0.5) is 0 Å². The largest absolute Gasteiger partial charge is 0.313 e. The summed E-state index contributed by atoms with van der Waals surface area (Å²) in [5, 5.41) is 3.70. The van der Waals surface area contributed by atoms with Crippen LogP contribution in [-0.4, -0.2) is 12.6 Å². The van der Waals surface area contributed by atoms with Gasteiger partial charge in [-0.15, -0.1) is 12.3 Å². The van der Waals surface area contributed by atoms with Gasteiger partial charge < -0.3 is 5.32 Å². The molecule has 0 saturated heterocycles. The van der Waals surface area contributed by atoms with E-state index in [1.54, 1.807) is 0 Å². The molecule has 1 heteroatoms. The number of hydrogen-bond acceptors (Lipinski definition) is 1. The molecule has 1 saturated carbocycles. The molecule has 0 amide bonds. The molecular formula is C14H25N. The summed E-state index contributed by atoms with van der Waals surface area (Å²) in [7, 11) is 0. The van der Waals surface area contributed by atoms with E-state index in [-0.39, 0.29) is 0 Å². The molecule has 15 heavy (non-hydrogen) atoms. The first kappa shape index (κ1) is 12.6. The first-order chi connectivity index (χ1) is 7.17. The summed E-state index contributed by atoms with van der Waals surface area (Å²) in [4.78, 5) is 0. The summed E-state index contributed by atoms with van der Waals surface area (Å²) in [6.45, 7) is 5.92. The monoisotopic (exact) mass is 207 g/mol. The minimum Gasteiger partial charge on any atom is -0.313 e. The fraction of sp³-hybridized carbons (Fsp3) is 0.857. The van der Waals surface area contributed by atoms with E-state index in [1.807, 2.05) is 0 Å². The maximum atomic E-state index is 5.23. The predicted octanol–water partition coefficient (Wildman–Crippen LogP) is 3.35. The molecule has 1 fully saturated rings. The Morgan fingerprint density at radius 2 is 2.13 bits per heavy atom. The molecule has 0 aromatic carbocycles. The van der Waals surface area contributed by atoms with Gasteiger partial charge in [0, 0.05) is 12.5 Å². The van der Waals surface area contributed by atoms with E-state index < -0.39 is 0 Å². The molecule has 0 aromatic rings. The Morgan fingerprint density at radius 3 is 2.80 bits per heavy atom. The van der Waals surface area contributed by atoms with Gasteiger partial charge in [0.2, 0.25) is 0 Å². The third-order valence-electron chi connectivity index (χ3n) is 3.65. The van der Waals surface area contributed by atoms with Crippen molar-refractivity contribution in [3.8, 4) is 12.3 Å². The Morgan fingerprint density at radius 1 is 1.33 bits per heavy atom. The quantitative estimate of drug-likeness (QED) is 0.538. The zero-order valence-corrected chi connectivity index (χ0v) is 10.3. The molecule has 0 heterocycles. The third kappa shape index (κ3) is 4.26. The molecule has 1 aliphatic carbocycles. The minimum absolute atomic E-state index is 0.490. The highest BCUT2D eigenvalue weighted by Crippen LogP contribution is 2.35. The summed E-state index contributed by atoms with van der Waals surface area (Å²) in [5.41, 5.74) is 0.490. The van der Waals surface area contributed by atoms with E-state index in [9.17, 15) is 0 Å². The van der Waals surface area contributed by atoms with Crippen molar-refractivity contribution in [3.05, 3.63) is 0 Å². The number of terminal acetylenes is 1. The van der Waals surface area contributed by atoms with Crippen molar-refractivity contribution < 1.29 is 0 Å². The van der Waals surface area contributed by atoms with E-state index in [2.05, 4.69) is 25.1 Å². The molecule has 1 unspecified atom stereocenters. The van der Waals surface area contributed by atoms with Gasteiger partial charge in [-0.25, -0.2) is 0 Å². The van der Waals surface area contributed by atoms with E-state index >= 15 is 0 Å². The highest BCUT2D eigenvalue weighted by atomic mass is 14.9. The molecule has 86 valence electrons. The number of rotatable bonds is 5. The zero-order valence-electron chi connectivity index (χ0n) is 10.3. The van der Waals surface area contributed by atoms with Crippen molar-refractivity contribution in [3.63, 3.8) is 0 Å². The Balaban J connectivity index is 2.16. The second kappa shape index (κ2) is 6.18. The molecule has 0 aliphatic heterocycles. The first-order valence-electron chi connectivity index (χ1n) is 6.33. The van der Waals surface area contributed by atoms with Crippen molar-refractivity contribution in [1.82, 2.24) is 5.32 Å². The Hall–Kier alpha value is -0.480. The number of hydrogen-bond donors (Lipinski definition) is 1. The summed E-state index contributed by atoms with van der Waals surface area (Å²) >= 11 is 0. The fourth-order valence-electron chi connectivity index (χ4n) is 2.50. The van der Waals surface area contributed by atoms with E-state index in [1.165, 1.54) is 32.1 Å². The van der Waals surface area contributed by atoms with E-state index in [0.717, 1.165) is 25.4 Å². The molecule has 1 rings (SSSR count). The molecule has 0 spiro atoms. The molecule has 0 radical (unpaired) electrons. The fourth-order valence-corrected chi connectivity index (χ4v) is 2.50. The van der Waals surface area contributed by atoms with Gasteiger partial charge in [-0.1, -0.05) is 26.7 Å². The zero-order chi connectivity index (χ0) is 11.1. The summed E-state index contributed by atoms with van der Waals surface area (Å²) in [6, 6.07) is 0.720. The predicted molar refractivity (Wildman–Crippen MR) is 66.7 cm³/mol. The summed E-state index contributed by atoms with van der Waals surface area (Å²) < 4.78 is 0. The van der Waals surface area contributed by atoms with Crippen LogP contribution in [-0.2, 0) is 0 Å². The van der Waals surface area contributed by atoms with Gasteiger partial charge in [0.05, 0.1) is 0 Å². The molecular weight excluding hydrogens is 182 g/mol. The summed E-state index contributed by atoms with van der Waals surface area (Å²) in [5.74, 6) is 2.69. The molecule has 1 aliphatic rings. The van der Waals surface area contributed by atoms with Crippen LogP contribution in [0.15, 0.2) is 0 Å². The van der Waals surface area contributed by atoms with Crippen LogP contribution in [0.25, 0.3) is 0 Å². The van der Waals surface area contributed by atoms with Crippen LogP contribution in [0.5, 0.6) is 0 Å². The van der Waals surface area contributed by atoms with Gasteiger partial charge in [-0.3, -0.25) is 0 Å². The second-order valence-electron chi connectivity index (χ2n) is 5.40. The van der Waals surface area contributed by atoms with Crippen molar-refractivity contribution >= 4 is 0 Å². The first-order valence-corrected chi connectivity index (χ1v) is 6.33. The molecule has 0 bridgehead atoms. The maximum Gasteiger partial charge on any atom is 0.0118 e. The minimum atomic E-state index is 0.490. The Labute approximate surface area is 95.0 Å². The van der Waals surface area contributed by atoms with Crippen molar-refractivity contribution in [2.75, 3.05) is 6.54 Å². The van der Waals surface area contributed by atoms with Gasteiger partial charge in [-0.2, -0.15) is 0 Å². The van der Waals surface area contributed by atoms with Gasteiger partial charge in [0.1, 0.15) is 0 Å². The van der Waals surface area contributed by atoms with Crippen LogP contribution in [0.3, 0.4) is 0 Å². The van der Waals surface area contributed by atoms with Crippen LogP contribution in [0.2, 0.25) is 0 Å². The highest BCUT2D eigenvalue weighted by Gasteiger charge is 2.31. The second-order valence-corrected chi connectivity index (χ2v) is 5.40. The van der Waals surface area contributed by atoms with Crippen LogP contribution in [0.1, 0.15) is 58.8 Å². The highest BCUT2D eigenvalue weighted by molar-refractivity contribution is 4.88. The maximum absolute atomic E-state index is 5.23. The van der Waals surface area contributed by atoms with Gasteiger partial charge in [-0.05, 0) is 37.6 Å². The topological polar surface area (TPSA) is 12.0 Å². The van der Waals surface area contributed by atoms with Gasteiger partial charge in [0.15, 0.2) is 0 Å². The van der Waals surface area contributed by atoms with Gasteiger partial charge in [0.25, 0.3) is 0 Å². The lowest BCUT2D eigenvalue weighted by molar-refractivity contribution is 0.168. The lowest BCUT2D eigenvalue weighted by Crippen LogP contribution is -2.44. The Kier molecular flexibility index (Phi) is 5.19. The molecule has 1 atom stereocenters. The normalized spacial score (nSPS) is 24.7. The summed E-state index contributed by atoms with van der Waals surface area (Å²) in [6.07, 6.45) is 14.1. The van der Waals surface area contributed by atoms with Crippen LogP contribution < -0.4 is 5.32 Å². The number of nitrogens with one attached hydrogen (secondary N) is 1. The third-order valence-corrected chi connectivity index (χ3v) is 3.65. The lowest BCUT2D eigenvalue weighted by atomic mass is 9.73. The van der Waals surface area contributed by atoms with Crippen molar-refractivity contribution in [2.45, 2.75) is 64.8 Å². The number of unbranched alkanes of at least 4 members (excludes halogenated alkanes) is 2. The Bertz CT molecular complexity index is 212. The molecule has 0 aromatic heterocycles. The van der Waals surface area contributed by atoms with E-state index in [4.69, 9.17) is 6.42 Å². The van der Waals surface area contributed by atoms with Crippen molar-refractivity contribution in [2.24, 2.45) is 5.41 Å². The smallest absolute Gasteiger partial charge is 0.0118 e. The standard InChI is InChI=1S/C14H25N/c1-4-5-6-9-12-15-13-10-7-8-11-14(13,2)3/h1,13,15H,5-12H2,2-3H3. The van der Waals surface area contributed by atoms with Gasteiger partial charge >= 0.3 is 0 Å². The SMILES string of the molecule is C#CCCCCNC1CCCCC1(C)C. The average molecular weight is 207 g/mol.